The summed E-state index contributed by atoms with van der Waals surface area (Å²) in [5.41, 5.74) is 6.61. The molecule has 2 nitrogen and oxygen atoms in total. The van der Waals surface area contributed by atoms with E-state index in [0.717, 1.165) is 23.4 Å². The van der Waals surface area contributed by atoms with E-state index in [0.29, 0.717) is 0 Å². The summed E-state index contributed by atoms with van der Waals surface area (Å²) in [6, 6.07) is 42.9. The molecule has 0 heterocycles. The number of hydrogen-bond acceptors (Lipinski definition) is 2. The first kappa shape index (κ1) is 25.6. The van der Waals surface area contributed by atoms with Gasteiger partial charge in [0.15, 0.2) is 0 Å². The smallest absolute Gasteiger partial charge is 0.138 e. The Morgan fingerprint density at radius 3 is 1.44 bits per heavy atom. The molecule has 0 saturated carbocycles. The number of nitrogens with zero attached hydrogens (tertiary/aromatic N) is 1. The summed E-state index contributed by atoms with van der Waals surface area (Å²) < 4.78 is 0. The van der Waals surface area contributed by atoms with Gasteiger partial charge in [-0.3, -0.25) is 5.43 Å². The molecule has 1 N–H and O–H groups in total. The van der Waals surface area contributed by atoms with Crippen LogP contribution in [-0.2, 0) is 0 Å². The van der Waals surface area contributed by atoms with Gasteiger partial charge in [0.1, 0.15) is 23.2 Å². The first-order valence-electron chi connectivity index (χ1n) is 11.4. The third-order valence-electron chi connectivity index (χ3n) is 5.69. The van der Waals surface area contributed by atoms with E-state index < -0.39 is 7.26 Å². The Morgan fingerprint density at radius 2 is 1.06 bits per heavy atom. The number of benzene rings is 4. The average Bonchev–Trinajstić information content (AvgIpc) is 2.90. The molecule has 4 aromatic carbocycles. The molecule has 0 aliphatic rings. The van der Waals surface area contributed by atoms with Crippen molar-refractivity contribution in [3.63, 3.8) is 0 Å². The molecule has 4 heteroatoms. The highest BCUT2D eigenvalue weighted by molar-refractivity contribution is 8.93. The van der Waals surface area contributed by atoms with Crippen molar-refractivity contribution in [2.75, 3.05) is 0 Å². The van der Waals surface area contributed by atoms with Gasteiger partial charge < -0.3 is 0 Å². The van der Waals surface area contributed by atoms with Gasteiger partial charge in [0, 0.05) is 0 Å². The van der Waals surface area contributed by atoms with Gasteiger partial charge in [-0.05, 0) is 55.3 Å². The van der Waals surface area contributed by atoms with Crippen LogP contribution < -0.4 is 21.3 Å². The monoisotopic (exact) mass is 529 g/mol. The largest absolute Gasteiger partial charge is 0.279 e. The topological polar surface area (TPSA) is 24.4 Å². The van der Waals surface area contributed by atoms with Crippen LogP contribution >= 0.6 is 24.2 Å². The zero-order chi connectivity index (χ0) is 22.9. The fourth-order valence-corrected chi connectivity index (χ4v) is 8.02. The van der Waals surface area contributed by atoms with Gasteiger partial charge in [-0.15, -0.1) is 17.0 Å². The molecule has 172 valence electrons. The van der Waals surface area contributed by atoms with Crippen molar-refractivity contribution in [2.45, 2.75) is 20.3 Å². The van der Waals surface area contributed by atoms with Gasteiger partial charge in [-0.2, -0.15) is 5.10 Å². The highest BCUT2D eigenvalue weighted by Gasteiger charge is 2.43. The number of nitrogens with one attached hydrogen (secondary N) is 1. The van der Waals surface area contributed by atoms with Crippen LogP contribution in [0.1, 0.15) is 25.8 Å². The van der Waals surface area contributed by atoms with Crippen LogP contribution in [0.25, 0.3) is 0 Å². The molecule has 4 aromatic rings. The van der Waals surface area contributed by atoms with Crippen LogP contribution in [0.15, 0.2) is 138 Å². The first-order valence-corrected chi connectivity index (χ1v) is 13.2. The van der Waals surface area contributed by atoms with Gasteiger partial charge in [-0.1, -0.05) is 91.9 Å². The third kappa shape index (κ3) is 5.73. The van der Waals surface area contributed by atoms with Crippen molar-refractivity contribution < 1.29 is 0 Å². The number of hydrogen-bond donors (Lipinski definition) is 1. The van der Waals surface area contributed by atoms with Crippen molar-refractivity contribution in [2.24, 2.45) is 5.10 Å². The molecule has 0 bridgehead atoms. The van der Waals surface area contributed by atoms with E-state index in [4.69, 9.17) is 5.10 Å². The quantitative estimate of drug-likeness (QED) is 0.151. The molecular formula is C30H31BrN2P+. The predicted molar refractivity (Wildman–Crippen MR) is 156 cm³/mol. The predicted octanol–water partition coefficient (Wildman–Crippen LogP) is 6.82. The molecule has 0 saturated heterocycles. The van der Waals surface area contributed by atoms with Crippen molar-refractivity contribution >= 4 is 45.9 Å². The van der Waals surface area contributed by atoms with Gasteiger partial charge in [0.2, 0.25) is 0 Å². The lowest BCUT2D eigenvalue weighted by atomic mass is 10.1. The Balaban J connectivity index is 0.00000324. The highest BCUT2D eigenvalue weighted by Crippen LogP contribution is 2.57. The molecule has 0 aromatic heterocycles. The molecule has 0 aliphatic carbocycles. The normalized spacial score (nSPS) is 12.1. The molecule has 34 heavy (non-hydrogen) atoms. The van der Waals surface area contributed by atoms with Crippen molar-refractivity contribution in [3.8, 4) is 0 Å². The lowest BCUT2D eigenvalue weighted by Crippen LogP contribution is -2.30. The van der Waals surface area contributed by atoms with Gasteiger partial charge in [0.25, 0.3) is 0 Å². The molecule has 4 rings (SSSR count). The fourth-order valence-electron chi connectivity index (χ4n) is 4.11. The van der Waals surface area contributed by atoms with Gasteiger partial charge in [0.05, 0.1) is 17.2 Å². The van der Waals surface area contributed by atoms with Crippen LogP contribution in [0.2, 0.25) is 0 Å². The van der Waals surface area contributed by atoms with E-state index in [-0.39, 0.29) is 17.0 Å². The van der Waals surface area contributed by atoms with Crippen LogP contribution in [0.5, 0.6) is 0 Å². The van der Waals surface area contributed by atoms with Gasteiger partial charge in [-0.25, -0.2) is 0 Å². The Morgan fingerprint density at radius 1 is 0.676 bits per heavy atom. The summed E-state index contributed by atoms with van der Waals surface area (Å²) in [4.78, 5) is 0. The van der Waals surface area contributed by atoms with Crippen LogP contribution in [0, 0.1) is 0 Å². The average molecular weight is 530 g/mol. The van der Waals surface area contributed by atoms with Crippen LogP contribution in [-0.4, -0.2) is 5.71 Å². The van der Waals surface area contributed by atoms with Crippen molar-refractivity contribution in [1.82, 2.24) is 5.43 Å². The van der Waals surface area contributed by atoms with E-state index in [9.17, 15) is 0 Å². The summed E-state index contributed by atoms with van der Waals surface area (Å²) in [5, 5.41) is 8.77. The molecule has 0 unspecified atom stereocenters. The fraction of sp³-hybridized carbons (Fsp3) is 0.100. The summed E-state index contributed by atoms with van der Waals surface area (Å²) in [6.07, 6.45) is 0.862. The molecule has 0 atom stereocenters. The van der Waals surface area contributed by atoms with E-state index in [1.807, 2.05) is 6.07 Å². The maximum atomic E-state index is 4.79. The Kier molecular flexibility index (Phi) is 9.39. The highest BCUT2D eigenvalue weighted by atomic mass is 79.9. The Labute approximate surface area is 214 Å². The Hall–Kier alpha value is -3.00. The van der Waals surface area contributed by atoms with Crippen molar-refractivity contribution in [1.29, 1.82) is 0 Å². The second kappa shape index (κ2) is 12.5. The zero-order valence-electron chi connectivity index (χ0n) is 19.6. The van der Waals surface area contributed by atoms with Crippen LogP contribution in [0.3, 0.4) is 0 Å². The standard InChI is InChI=1S/C30H30N2P.BrH/c1-3-30(26-16-8-4-9-17-26)32-31-25(2)24-33(27-18-10-5-11-19-27,28-20-12-6-13-21-28)29-22-14-7-15-23-29;/h4-24,31H,3H2,1-2H3;1H/q+1;/b25-24+,32-30+;. The summed E-state index contributed by atoms with van der Waals surface area (Å²) in [5.74, 6) is 2.41. The lowest BCUT2D eigenvalue weighted by Gasteiger charge is -2.24. The molecule has 0 fully saturated rings. The minimum atomic E-state index is -2.04. The number of allylic oxidation sites excluding steroid dienone is 1. The maximum Gasteiger partial charge on any atom is 0.138 e. The number of rotatable bonds is 8. The second-order valence-electron chi connectivity index (χ2n) is 7.93. The van der Waals surface area contributed by atoms with E-state index in [1.54, 1.807) is 0 Å². The molecule has 0 aliphatic heterocycles. The molecule has 0 radical (unpaired) electrons. The van der Waals surface area contributed by atoms with Crippen molar-refractivity contribution in [3.05, 3.63) is 138 Å². The molecule has 0 amide bonds. The maximum absolute atomic E-state index is 4.79. The summed E-state index contributed by atoms with van der Waals surface area (Å²) in [6.45, 7) is 4.26. The Bertz CT molecular complexity index is 1110. The molecule has 0 spiro atoms. The number of hydrazone groups is 1. The van der Waals surface area contributed by atoms with Gasteiger partial charge >= 0.3 is 0 Å². The van der Waals surface area contributed by atoms with E-state index in [2.05, 4.69) is 140 Å². The van der Waals surface area contributed by atoms with E-state index in [1.165, 1.54) is 15.9 Å². The number of halogens is 1. The first-order chi connectivity index (χ1) is 16.2. The van der Waals surface area contributed by atoms with E-state index >= 15 is 0 Å². The summed E-state index contributed by atoms with van der Waals surface area (Å²) >= 11 is 0. The minimum absolute atomic E-state index is 0. The third-order valence-corrected chi connectivity index (χ3v) is 9.80. The second-order valence-corrected chi connectivity index (χ2v) is 11.2. The molecular weight excluding hydrogens is 499 g/mol. The SMILES string of the molecule is Br.CC/C(=N\N/C(C)=C/[P+](c1ccccc1)(c1ccccc1)c1ccccc1)c1ccccc1. The zero-order valence-corrected chi connectivity index (χ0v) is 22.2. The lowest BCUT2D eigenvalue weighted by molar-refractivity contribution is 0.883. The minimum Gasteiger partial charge on any atom is -0.279 e. The van der Waals surface area contributed by atoms with Crippen LogP contribution in [0.4, 0.5) is 0 Å². The summed E-state index contributed by atoms with van der Waals surface area (Å²) in [7, 11) is -2.04.